The molecule has 0 saturated heterocycles. The first kappa shape index (κ1) is 19.9. The molecular formula is C17H33NO3. The van der Waals surface area contributed by atoms with Crippen molar-refractivity contribution in [2.24, 2.45) is 0 Å². The predicted molar refractivity (Wildman–Crippen MR) is 86.3 cm³/mol. The van der Waals surface area contributed by atoms with E-state index in [1.165, 1.54) is 44.9 Å². The van der Waals surface area contributed by atoms with Crippen molar-refractivity contribution in [3.05, 3.63) is 0 Å². The van der Waals surface area contributed by atoms with Crippen LogP contribution in [0.5, 0.6) is 0 Å². The summed E-state index contributed by atoms with van der Waals surface area (Å²) in [6.45, 7) is 4.14. The smallest absolute Gasteiger partial charge is 0.326 e. The van der Waals surface area contributed by atoms with Crippen molar-refractivity contribution in [1.29, 1.82) is 0 Å². The Morgan fingerprint density at radius 2 is 1.38 bits per heavy atom. The van der Waals surface area contributed by atoms with E-state index in [2.05, 4.69) is 12.2 Å². The van der Waals surface area contributed by atoms with Gasteiger partial charge >= 0.3 is 5.97 Å². The molecule has 1 atom stereocenters. The highest BCUT2D eigenvalue weighted by atomic mass is 16.4. The van der Waals surface area contributed by atoms with E-state index in [0.717, 1.165) is 19.3 Å². The first-order valence-corrected chi connectivity index (χ1v) is 8.64. The molecule has 1 amide bonds. The third kappa shape index (κ3) is 12.4. The van der Waals surface area contributed by atoms with Gasteiger partial charge in [-0.1, -0.05) is 71.6 Å². The van der Waals surface area contributed by atoms with Crippen LogP contribution in [-0.2, 0) is 9.59 Å². The Balaban J connectivity index is 3.50. The molecule has 21 heavy (non-hydrogen) atoms. The number of carboxylic acid groups (broad SMARTS) is 1. The zero-order valence-corrected chi connectivity index (χ0v) is 13.8. The maximum atomic E-state index is 11.7. The molecule has 4 heteroatoms. The average molecular weight is 299 g/mol. The normalized spacial score (nSPS) is 12.1. The molecule has 0 aliphatic rings. The number of nitrogens with one attached hydrogen (secondary N) is 1. The van der Waals surface area contributed by atoms with Crippen molar-refractivity contribution in [2.45, 2.75) is 96.9 Å². The van der Waals surface area contributed by atoms with Crippen molar-refractivity contribution in [3.63, 3.8) is 0 Å². The van der Waals surface area contributed by atoms with Gasteiger partial charge in [-0.05, 0) is 12.8 Å². The molecule has 0 aromatic heterocycles. The third-order valence-electron chi connectivity index (χ3n) is 3.72. The monoisotopic (exact) mass is 299 g/mol. The van der Waals surface area contributed by atoms with Crippen molar-refractivity contribution in [3.8, 4) is 0 Å². The van der Waals surface area contributed by atoms with E-state index in [1.807, 2.05) is 6.92 Å². The van der Waals surface area contributed by atoms with Gasteiger partial charge in [-0.3, -0.25) is 4.79 Å². The molecule has 0 heterocycles. The van der Waals surface area contributed by atoms with E-state index in [0.29, 0.717) is 12.8 Å². The number of hydrogen-bond donors (Lipinski definition) is 2. The van der Waals surface area contributed by atoms with Crippen LogP contribution in [0.1, 0.15) is 90.9 Å². The molecule has 0 aromatic carbocycles. The Kier molecular flexibility index (Phi) is 13.2. The lowest BCUT2D eigenvalue weighted by molar-refractivity contribution is -0.142. The summed E-state index contributed by atoms with van der Waals surface area (Å²) in [4.78, 5) is 22.6. The topological polar surface area (TPSA) is 66.4 Å². The molecule has 0 aliphatic carbocycles. The number of carbonyl (C=O) groups is 2. The van der Waals surface area contributed by atoms with Crippen LogP contribution in [0.2, 0.25) is 0 Å². The quantitative estimate of drug-likeness (QED) is 0.470. The standard InChI is InChI=1S/C17H33NO3/c1-3-5-6-7-8-9-10-11-12-14-16(19)18-15(13-4-2)17(20)21/h15H,3-14H2,1-2H3,(H,18,19)(H,20,21)/t15-/m0/s1. The van der Waals surface area contributed by atoms with E-state index in [1.54, 1.807) is 0 Å². The Bertz CT molecular complexity index is 279. The van der Waals surface area contributed by atoms with E-state index < -0.39 is 12.0 Å². The Morgan fingerprint density at radius 3 is 1.86 bits per heavy atom. The predicted octanol–water partition coefficient (Wildman–Crippen LogP) is 4.28. The molecule has 0 radical (unpaired) electrons. The minimum absolute atomic E-state index is 0.126. The highest BCUT2D eigenvalue weighted by molar-refractivity contribution is 5.83. The second kappa shape index (κ2) is 13.9. The molecule has 0 unspecified atom stereocenters. The molecule has 4 nitrogen and oxygen atoms in total. The van der Waals surface area contributed by atoms with Crippen LogP contribution in [0.25, 0.3) is 0 Å². The minimum atomic E-state index is -0.933. The fourth-order valence-electron chi connectivity index (χ4n) is 2.41. The summed E-state index contributed by atoms with van der Waals surface area (Å²) in [5.41, 5.74) is 0. The Labute approximate surface area is 129 Å². The van der Waals surface area contributed by atoms with Gasteiger partial charge in [0.1, 0.15) is 6.04 Å². The van der Waals surface area contributed by atoms with Crippen LogP contribution in [0.3, 0.4) is 0 Å². The first-order valence-electron chi connectivity index (χ1n) is 8.64. The molecule has 0 rings (SSSR count). The largest absolute Gasteiger partial charge is 0.480 e. The molecule has 124 valence electrons. The van der Waals surface area contributed by atoms with Crippen molar-refractivity contribution < 1.29 is 14.7 Å². The summed E-state index contributed by atoms with van der Waals surface area (Å²) in [5.74, 6) is -1.06. The zero-order chi connectivity index (χ0) is 15.9. The second-order valence-electron chi connectivity index (χ2n) is 5.83. The fourth-order valence-corrected chi connectivity index (χ4v) is 2.41. The van der Waals surface area contributed by atoms with Gasteiger partial charge < -0.3 is 10.4 Å². The number of amides is 1. The molecule has 0 spiro atoms. The van der Waals surface area contributed by atoms with Gasteiger partial charge in [-0.2, -0.15) is 0 Å². The highest BCUT2D eigenvalue weighted by Crippen LogP contribution is 2.10. The summed E-state index contributed by atoms with van der Waals surface area (Å²) in [5, 5.41) is 11.6. The van der Waals surface area contributed by atoms with E-state index in [-0.39, 0.29) is 5.91 Å². The average Bonchev–Trinajstić information content (AvgIpc) is 2.45. The van der Waals surface area contributed by atoms with Gasteiger partial charge in [0.15, 0.2) is 0 Å². The number of hydrogen-bond acceptors (Lipinski definition) is 2. The Hall–Kier alpha value is -1.06. The highest BCUT2D eigenvalue weighted by Gasteiger charge is 2.18. The van der Waals surface area contributed by atoms with Gasteiger partial charge in [0.05, 0.1) is 0 Å². The van der Waals surface area contributed by atoms with Gasteiger partial charge in [-0.15, -0.1) is 0 Å². The van der Waals surface area contributed by atoms with E-state index in [4.69, 9.17) is 5.11 Å². The lowest BCUT2D eigenvalue weighted by Gasteiger charge is -2.13. The third-order valence-corrected chi connectivity index (χ3v) is 3.72. The molecule has 0 fully saturated rings. The molecule has 0 saturated carbocycles. The second-order valence-corrected chi connectivity index (χ2v) is 5.83. The zero-order valence-electron chi connectivity index (χ0n) is 13.8. The number of unbranched alkanes of at least 4 members (excludes halogenated alkanes) is 8. The summed E-state index contributed by atoms with van der Waals surface area (Å²) >= 11 is 0. The van der Waals surface area contributed by atoms with Gasteiger partial charge in [-0.25, -0.2) is 4.79 Å². The number of carboxylic acids is 1. The minimum Gasteiger partial charge on any atom is -0.480 e. The molecule has 0 aromatic rings. The van der Waals surface area contributed by atoms with Crippen LogP contribution in [0, 0.1) is 0 Å². The van der Waals surface area contributed by atoms with Gasteiger partial charge in [0.2, 0.25) is 5.91 Å². The SMILES string of the molecule is CCCCCCCCCCCC(=O)N[C@@H](CCC)C(=O)O. The number of carbonyl (C=O) groups excluding carboxylic acids is 1. The van der Waals surface area contributed by atoms with Gasteiger partial charge in [0, 0.05) is 6.42 Å². The maximum Gasteiger partial charge on any atom is 0.326 e. The van der Waals surface area contributed by atoms with Gasteiger partial charge in [0.25, 0.3) is 0 Å². The number of rotatable bonds is 14. The Morgan fingerprint density at radius 1 is 0.857 bits per heavy atom. The summed E-state index contributed by atoms with van der Waals surface area (Å²) < 4.78 is 0. The van der Waals surface area contributed by atoms with E-state index >= 15 is 0 Å². The first-order chi connectivity index (χ1) is 10.1. The number of aliphatic carboxylic acids is 1. The lowest BCUT2D eigenvalue weighted by Crippen LogP contribution is -2.40. The fraction of sp³-hybridized carbons (Fsp3) is 0.882. The summed E-state index contributed by atoms with van der Waals surface area (Å²) in [6, 6.07) is -0.721. The maximum absolute atomic E-state index is 11.7. The van der Waals surface area contributed by atoms with Crippen LogP contribution in [0.15, 0.2) is 0 Å². The van der Waals surface area contributed by atoms with Crippen molar-refractivity contribution in [1.82, 2.24) is 5.32 Å². The van der Waals surface area contributed by atoms with Crippen molar-refractivity contribution >= 4 is 11.9 Å². The summed E-state index contributed by atoms with van der Waals surface area (Å²) in [7, 11) is 0. The van der Waals surface area contributed by atoms with Crippen LogP contribution >= 0.6 is 0 Å². The lowest BCUT2D eigenvalue weighted by atomic mass is 10.1. The van der Waals surface area contributed by atoms with E-state index in [9.17, 15) is 9.59 Å². The van der Waals surface area contributed by atoms with Crippen LogP contribution < -0.4 is 5.32 Å². The molecule has 0 aliphatic heterocycles. The summed E-state index contributed by atoms with van der Waals surface area (Å²) in [6.07, 6.45) is 12.6. The van der Waals surface area contributed by atoms with Crippen LogP contribution in [-0.4, -0.2) is 23.0 Å². The molecular weight excluding hydrogens is 266 g/mol. The molecule has 0 bridgehead atoms. The van der Waals surface area contributed by atoms with Crippen LogP contribution in [0.4, 0.5) is 0 Å². The molecule has 2 N–H and O–H groups in total. The van der Waals surface area contributed by atoms with Crippen molar-refractivity contribution in [2.75, 3.05) is 0 Å².